The van der Waals surface area contributed by atoms with Gasteiger partial charge in [-0.25, -0.2) is 4.79 Å². The number of nitrogens with zero attached hydrogens (tertiary/aromatic N) is 1. The standard InChI is InChI=1S/C20H20N4O3/c1-14(25)23-16-4-6-17(7-5-16)24-20(26)22-11-12-27-18-8-9-19-15(13-18)3-2-10-21-19/h2-10,13H,11-12H2,1H3,(H,23,25)(H2,22,24,26). The number of amides is 3. The number of carbonyl (C=O) groups is 2. The molecule has 0 radical (unpaired) electrons. The molecule has 0 saturated heterocycles. The summed E-state index contributed by atoms with van der Waals surface area (Å²) in [5, 5.41) is 9.12. The van der Waals surface area contributed by atoms with Crippen molar-refractivity contribution in [1.29, 1.82) is 0 Å². The number of pyridine rings is 1. The van der Waals surface area contributed by atoms with Crippen LogP contribution in [0, 0.1) is 0 Å². The average Bonchev–Trinajstić information content (AvgIpc) is 2.66. The first-order chi connectivity index (χ1) is 13.1. The summed E-state index contributed by atoms with van der Waals surface area (Å²) in [6.07, 6.45) is 1.75. The molecule has 3 amide bonds. The number of anilines is 2. The normalized spacial score (nSPS) is 10.3. The highest BCUT2D eigenvalue weighted by Crippen LogP contribution is 2.18. The van der Waals surface area contributed by atoms with Crippen LogP contribution in [0.5, 0.6) is 5.75 Å². The van der Waals surface area contributed by atoms with Gasteiger partial charge < -0.3 is 20.7 Å². The molecule has 2 aromatic carbocycles. The zero-order valence-electron chi connectivity index (χ0n) is 14.9. The molecular weight excluding hydrogens is 344 g/mol. The smallest absolute Gasteiger partial charge is 0.319 e. The van der Waals surface area contributed by atoms with E-state index in [-0.39, 0.29) is 11.9 Å². The molecule has 0 saturated carbocycles. The molecule has 0 aliphatic heterocycles. The van der Waals surface area contributed by atoms with Gasteiger partial charge in [-0.1, -0.05) is 6.07 Å². The Kier molecular flexibility index (Phi) is 5.84. The van der Waals surface area contributed by atoms with Gasteiger partial charge in [-0.2, -0.15) is 0 Å². The third kappa shape index (κ3) is 5.43. The van der Waals surface area contributed by atoms with Crippen molar-refractivity contribution < 1.29 is 14.3 Å². The summed E-state index contributed by atoms with van der Waals surface area (Å²) in [4.78, 5) is 27.1. The molecule has 138 valence electrons. The highest BCUT2D eigenvalue weighted by molar-refractivity contribution is 5.91. The second-order valence-corrected chi connectivity index (χ2v) is 5.85. The van der Waals surface area contributed by atoms with Gasteiger partial charge in [0, 0.05) is 29.9 Å². The van der Waals surface area contributed by atoms with Crippen molar-refractivity contribution in [2.75, 3.05) is 23.8 Å². The van der Waals surface area contributed by atoms with E-state index in [9.17, 15) is 9.59 Å². The Labute approximate surface area is 156 Å². The minimum Gasteiger partial charge on any atom is -0.492 e. The van der Waals surface area contributed by atoms with Gasteiger partial charge in [0.2, 0.25) is 5.91 Å². The Morgan fingerprint density at radius 1 is 1.00 bits per heavy atom. The Balaban J connectivity index is 1.41. The number of nitrogens with one attached hydrogen (secondary N) is 3. The monoisotopic (exact) mass is 364 g/mol. The molecule has 1 aromatic heterocycles. The number of ether oxygens (including phenoxy) is 1. The largest absolute Gasteiger partial charge is 0.492 e. The van der Waals surface area contributed by atoms with Crippen LogP contribution < -0.4 is 20.7 Å². The van der Waals surface area contributed by atoms with Crippen molar-refractivity contribution in [3.63, 3.8) is 0 Å². The molecule has 3 rings (SSSR count). The predicted octanol–water partition coefficient (Wildman–Crippen LogP) is 3.39. The van der Waals surface area contributed by atoms with E-state index in [4.69, 9.17) is 4.74 Å². The lowest BCUT2D eigenvalue weighted by Gasteiger charge is -2.10. The molecule has 0 aliphatic carbocycles. The zero-order chi connectivity index (χ0) is 19.1. The van der Waals surface area contributed by atoms with E-state index in [1.54, 1.807) is 30.5 Å². The van der Waals surface area contributed by atoms with Gasteiger partial charge in [-0.15, -0.1) is 0 Å². The summed E-state index contributed by atoms with van der Waals surface area (Å²) in [6, 6.07) is 16.0. The summed E-state index contributed by atoms with van der Waals surface area (Å²) in [5.41, 5.74) is 2.21. The number of hydrogen-bond acceptors (Lipinski definition) is 4. The van der Waals surface area contributed by atoms with E-state index in [1.165, 1.54) is 6.92 Å². The third-order valence-corrected chi connectivity index (χ3v) is 3.69. The van der Waals surface area contributed by atoms with Gasteiger partial charge in [0.1, 0.15) is 12.4 Å². The molecule has 0 aliphatic rings. The van der Waals surface area contributed by atoms with Crippen LogP contribution in [0.1, 0.15) is 6.92 Å². The first-order valence-corrected chi connectivity index (χ1v) is 8.50. The van der Waals surface area contributed by atoms with Crippen LogP contribution in [0.25, 0.3) is 10.9 Å². The average molecular weight is 364 g/mol. The molecule has 27 heavy (non-hydrogen) atoms. The minimum absolute atomic E-state index is 0.142. The Hall–Kier alpha value is -3.61. The predicted molar refractivity (Wildman–Crippen MR) is 105 cm³/mol. The fraction of sp³-hybridized carbons (Fsp3) is 0.150. The number of fused-ring (bicyclic) bond motifs is 1. The first-order valence-electron chi connectivity index (χ1n) is 8.50. The van der Waals surface area contributed by atoms with Crippen molar-refractivity contribution >= 4 is 34.2 Å². The van der Waals surface area contributed by atoms with E-state index in [0.717, 1.165) is 16.7 Å². The molecule has 7 heteroatoms. The van der Waals surface area contributed by atoms with Gasteiger partial charge in [0.15, 0.2) is 0 Å². The molecule has 0 spiro atoms. The van der Waals surface area contributed by atoms with E-state index in [0.29, 0.717) is 24.5 Å². The maximum absolute atomic E-state index is 11.9. The summed E-state index contributed by atoms with van der Waals surface area (Å²) in [7, 11) is 0. The van der Waals surface area contributed by atoms with Gasteiger partial charge >= 0.3 is 6.03 Å². The summed E-state index contributed by atoms with van der Waals surface area (Å²) >= 11 is 0. The Morgan fingerprint density at radius 3 is 2.48 bits per heavy atom. The number of hydrogen-bond donors (Lipinski definition) is 3. The molecular formula is C20H20N4O3. The fourth-order valence-corrected chi connectivity index (χ4v) is 2.49. The van der Waals surface area contributed by atoms with Crippen molar-refractivity contribution in [1.82, 2.24) is 10.3 Å². The van der Waals surface area contributed by atoms with Crippen LogP contribution in [0.15, 0.2) is 60.8 Å². The van der Waals surface area contributed by atoms with Crippen LogP contribution in [0.2, 0.25) is 0 Å². The van der Waals surface area contributed by atoms with E-state index < -0.39 is 0 Å². The van der Waals surface area contributed by atoms with Crippen LogP contribution >= 0.6 is 0 Å². The van der Waals surface area contributed by atoms with Crippen LogP contribution in [-0.4, -0.2) is 30.1 Å². The summed E-state index contributed by atoms with van der Waals surface area (Å²) < 4.78 is 5.66. The Bertz CT molecular complexity index is 941. The van der Waals surface area contributed by atoms with E-state index in [1.807, 2.05) is 30.3 Å². The second kappa shape index (κ2) is 8.66. The zero-order valence-corrected chi connectivity index (χ0v) is 14.9. The number of rotatable bonds is 6. The molecule has 0 unspecified atom stereocenters. The highest BCUT2D eigenvalue weighted by atomic mass is 16.5. The topological polar surface area (TPSA) is 92.4 Å². The Morgan fingerprint density at radius 2 is 1.74 bits per heavy atom. The van der Waals surface area contributed by atoms with Crippen LogP contribution in [0.3, 0.4) is 0 Å². The van der Waals surface area contributed by atoms with Crippen molar-refractivity contribution in [3.8, 4) is 5.75 Å². The van der Waals surface area contributed by atoms with Gasteiger partial charge in [0.25, 0.3) is 0 Å². The third-order valence-electron chi connectivity index (χ3n) is 3.69. The summed E-state index contributed by atoms with van der Waals surface area (Å²) in [6.45, 7) is 2.15. The molecule has 3 aromatic rings. The molecule has 0 bridgehead atoms. The van der Waals surface area contributed by atoms with E-state index >= 15 is 0 Å². The summed E-state index contributed by atoms with van der Waals surface area (Å²) in [5.74, 6) is 0.586. The van der Waals surface area contributed by atoms with Crippen molar-refractivity contribution in [2.24, 2.45) is 0 Å². The van der Waals surface area contributed by atoms with Crippen LogP contribution in [0.4, 0.5) is 16.2 Å². The van der Waals surface area contributed by atoms with E-state index in [2.05, 4.69) is 20.9 Å². The first kappa shape index (κ1) is 18.2. The van der Waals surface area contributed by atoms with Gasteiger partial charge in [-0.05, 0) is 48.5 Å². The lowest BCUT2D eigenvalue weighted by molar-refractivity contribution is -0.114. The van der Waals surface area contributed by atoms with Gasteiger partial charge in [-0.3, -0.25) is 9.78 Å². The maximum atomic E-state index is 11.9. The molecule has 1 heterocycles. The van der Waals surface area contributed by atoms with Crippen LogP contribution in [-0.2, 0) is 4.79 Å². The number of aromatic nitrogens is 1. The molecule has 0 fully saturated rings. The lowest BCUT2D eigenvalue weighted by atomic mass is 10.2. The highest BCUT2D eigenvalue weighted by Gasteiger charge is 2.03. The maximum Gasteiger partial charge on any atom is 0.319 e. The molecule has 0 atom stereocenters. The number of urea groups is 1. The lowest BCUT2D eigenvalue weighted by Crippen LogP contribution is -2.32. The number of carbonyl (C=O) groups excluding carboxylic acids is 2. The van der Waals surface area contributed by atoms with Crippen molar-refractivity contribution in [3.05, 3.63) is 60.8 Å². The quantitative estimate of drug-likeness (QED) is 0.585. The molecule has 7 nitrogen and oxygen atoms in total. The van der Waals surface area contributed by atoms with Gasteiger partial charge in [0.05, 0.1) is 12.1 Å². The number of benzene rings is 2. The van der Waals surface area contributed by atoms with Crippen molar-refractivity contribution in [2.45, 2.75) is 6.92 Å². The fourth-order valence-electron chi connectivity index (χ4n) is 2.49. The minimum atomic E-state index is -0.325. The molecule has 3 N–H and O–H groups in total. The second-order valence-electron chi connectivity index (χ2n) is 5.85. The SMILES string of the molecule is CC(=O)Nc1ccc(NC(=O)NCCOc2ccc3ncccc3c2)cc1.